The van der Waals surface area contributed by atoms with Gasteiger partial charge in [-0.3, -0.25) is 4.79 Å². The van der Waals surface area contributed by atoms with Crippen LogP contribution in [0, 0.1) is 0 Å². The van der Waals surface area contributed by atoms with Crippen LogP contribution in [-0.4, -0.2) is 23.0 Å². The van der Waals surface area contributed by atoms with E-state index in [1.54, 1.807) is 31.2 Å². The second-order valence-corrected chi connectivity index (χ2v) is 7.89. The number of ether oxygens (including phenoxy) is 1. The highest BCUT2D eigenvalue weighted by molar-refractivity contribution is 6.01. The van der Waals surface area contributed by atoms with E-state index in [1.165, 1.54) is 0 Å². The molecule has 1 N–H and O–H groups in total. The molecule has 1 heterocycles. The largest absolute Gasteiger partial charge is 0.449 e. The standard InChI is InChI=1S/C28H22N2O4/c1-2-24(26(31)29-20-16-15-18-9-3-4-10-19(18)17-20)34-28(32)22-12-6-5-11-21(22)27-30-23-13-7-8-14-25(23)33-27/h3-17,24H,2H2,1H3,(H,29,31). The molecule has 0 fully saturated rings. The van der Waals surface area contributed by atoms with Gasteiger partial charge < -0.3 is 14.5 Å². The Morgan fingerprint density at radius 1 is 0.912 bits per heavy atom. The number of carbonyl (C=O) groups is 2. The molecule has 1 amide bonds. The molecule has 0 radical (unpaired) electrons. The molecule has 168 valence electrons. The molecule has 0 aliphatic carbocycles. The number of hydrogen-bond acceptors (Lipinski definition) is 5. The first kappa shape index (κ1) is 21.4. The van der Waals surface area contributed by atoms with Gasteiger partial charge in [0.1, 0.15) is 5.52 Å². The number of fused-ring (bicyclic) bond motifs is 2. The fourth-order valence-electron chi connectivity index (χ4n) is 3.84. The van der Waals surface area contributed by atoms with Crippen LogP contribution in [0.5, 0.6) is 0 Å². The third kappa shape index (κ3) is 4.26. The van der Waals surface area contributed by atoms with Crippen molar-refractivity contribution in [1.82, 2.24) is 4.98 Å². The number of esters is 1. The third-order valence-electron chi connectivity index (χ3n) is 5.60. The van der Waals surface area contributed by atoms with E-state index in [2.05, 4.69) is 10.3 Å². The zero-order chi connectivity index (χ0) is 23.5. The lowest BCUT2D eigenvalue weighted by Gasteiger charge is -2.17. The maximum absolute atomic E-state index is 13.1. The number of anilines is 1. The zero-order valence-electron chi connectivity index (χ0n) is 18.5. The van der Waals surface area contributed by atoms with Gasteiger partial charge in [0, 0.05) is 5.69 Å². The lowest BCUT2D eigenvalue weighted by Crippen LogP contribution is -2.32. The van der Waals surface area contributed by atoms with Crippen molar-refractivity contribution < 1.29 is 18.7 Å². The van der Waals surface area contributed by atoms with E-state index < -0.39 is 12.1 Å². The molecule has 5 aromatic rings. The highest BCUT2D eigenvalue weighted by Crippen LogP contribution is 2.28. The zero-order valence-corrected chi connectivity index (χ0v) is 18.5. The van der Waals surface area contributed by atoms with E-state index in [0.29, 0.717) is 34.7 Å². The number of nitrogens with zero attached hydrogens (tertiary/aromatic N) is 1. The van der Waals surface area contributed by atoms with E-state index in [9.17, 15) is 9.59 Å². The monoisotopic (exact) mass is 450 g/mol. The predicted octanol–water partition coefficient (Wildman–Crippen LogP) is 6.22. The van der Waals surface area contributed by atoms with Crippen LogP contribution in [0.2, 0.25) is 0 Å². The summed E-state index contributed by atoms with van der Waals surface area (Å²) < 4.78 is 11.5. The first-order valence-electron chi connectivity index (χ1n) is 11.1. The molecule has 1 atom stereocenters. The SMILES string of the molecule is CCC(OC(=O)c1ccccc1-c1nc2ccccc2o1)C(=O)Nc1ccc2ccccc2c1. The molecule has 0 saturated carbocycles. The Morgan fingerprint density at radius 3 is 2.47 bits per heavy atom. The molecular formula is C28H22N2O4. The van der Waals surface area contributed by atoms with Crippen molar-refractivity contribution in [1.29, 1.82) is 0 Å². The van der Waals surface area contributed by atoms with Gasteiger partial charge in [0.15, 0.2) is 11.7 Å². The number of carbonyl (C=O) groups excluding carboxylic acids is 2. The number of para-hydroxylation sites is 2. The van der Waals surface area contributed by atoms with Crippen LogP contribution in [0.25, 0.3) is 33.3 Å². The molecule has 6 heteroatoms. The summed E-state index contributed by atoms with van der Waals surface area (Å²) in [5.74, 6) is -0.675. The topological polar surface area (TPSA) is 81.4 Å². The van der Waals surface area contributed by atoms with Crippen LogP contribution >= 0.6 is 0 Å². The highest BCUT2D eigenvalue weighted by Gasteiger charge is 2.25. The third-order valence-corrected chi connectivity index (χ3v) is 5.60. The first-order valence-corrected chi connectivity index (χ1v) is 11.1. The second-order valence-electron chi connectivity index (χ2n) is 7.89. The van der Waals surface area contributed by atoms with Crippen molar-refractivity contribution in [2.24, 2.45) is 0 Å². The van der Waals surface area contributed by atoms with Crippen LogP contribution in [0.4, 0.5) is 5.69 Å². The molecule has 1 aromatic heterocycles. The highest BCUT2D eigenvalue weighted by atomic mass is 16.5. The summed E-state index contributed by atoms with van der Waals surface area (Å²) >= 11 is 0. The maximum Gasteiger partial charge on any atom is 0.339 e. The minimum absolute atomic E-state index is 0.283. The summed E-state index contributed by atoms with van der Waals surface area (Å²) in [6, 6.07) is 27.9. The van der Waals surface area contributed by atoms with Gasteiger partial charge in [-0.2, -0.15) is 0 Å². The number of benzene rings is 4. The average molecular weight is 450 g/mol. The van der Waals surface area contributed by atoms with E-state index in [0.717, 1.165) is 10.8 Å². The molecule has 1 unspecified atom stereocenters. The molecule has 0 saturated heterocycles. The smallest absolute Gasteiger partial charge is 0.339 e. The van der Waals surface area contributed by atoms with Crippen molar-refractivity contribution in [2.45, 2.75) is 19.4 Å². The molecule has 0 spiro atoms. The minimum atomic E-state index is -0.948. The summed E-state index contributed by atoms with van der Waals surface area (Å²) in [4.78, 5) is 30.5. The Balaban J connectivity index is 1.35. The van der Waals surface area contributed by atoms with E-state index in [4.69, 9.17) is 9.15 Å². The number of amides is 1. The Hall–Kier alpha value is -4.45. The van der Waals surface area contributed by atoms with Gasteiger partial charge in [0.2, 0.25) is 5.89 Å². The van der Waals surface area contributed by atoms with Gasteiger partial charge in [-0.15, -0.1) is 0 Å². The van der Waals surface area contributed by atoms with E-state index in [-0.39, 0.29) is 11.5 Å². The van der Waals surface area contributed by atoms with Gasteiger partial charge in [-0.05, 0) is 53.6 Å². The van der Waals surface area contributed by atoms with Gasteiger partial charge >= 0.3 is 5.97 Å². The molecule has 6 nitrogen and oxygen atoms in total. The average Bonchev–Trinajstić information content (AvgIpc) is 3.31. The second kappa shape index (κ2) is 9.19. The molecule has 4 aromatic carbocycles. The number of rotatable bonds is 6. The molecule has 5 rings (SSSR count). The van der Waals surface area contributed by atoms with Crippen LogP contribution in [0.3, 0.4) is 0 Å². The summed E-state index contributed by atoms with van der Waals surface area (Å²) in [6.45, 7) is 1.80. The van der Waals surface area contributed by atoms with E-state index in [1.807, 2.05) is 66.7 Å². The molecular weight excluding hydrogens is 428 g/mol. The van der Waals surface area contributed by atoms with Crippen molar-refractivity contribution in [3.63, 3.8) is 0 Å². The van der Waals surface area contributed by atoms with Crippen LogP contribution in [0.1, 0.15) is 23.7 Å². The number of aromatic nitrogens is 1. The molecule has 0 bridgehead atoms. The lowest BCUT2D eigenvalue weighted by atomic mass is 10.1. The maximum atomic E-state index is 13.1. The Kier molecular flexibility index (Phi) is 5.79. The van der Waals surface area contributed by atoms with Crippen LogP contribution < -0.4 is 5.32 Å². The molecule has 0 aliphatic rings. The van der Waals surface area contributed by atoms with Crippen molar-refractivity contribution >= 4 is 39.4 Å². The fourth-order valence-corrected chi connectivity index (χ4v) is 3.84. The van der Waals surface area contributed by atoms with Crippen molar-refractivity contribution in [2.75, 3.05) is 5.32 Å². The normalized spacial score (nSPS) is 11.9. The van der Waals surface area contributed by atoms with Gasteiger partial charge in [-0.1, -0.05) is 61.5 Å². The quantitative estimate of drug-likeness (QED) is 0.311. The van der Waals surface area contributed by atoms with Crippen molar-refractivity contribution in [3.8, 4) is 11.5 Å². The summed E-state index contributed by atoms with van der Waals surface area (Å²) in [5.41, 5.74) is 2.76. The Bertz CT molecular complexity index is 1470. The van der Waals surface area contributed by atoms with Gasteiger partial charge in [0.25, 0.3) is 5.91 Å². The first-order chi connectivity index (χ1) is 16.6. The summed E-state index contributed by atoms with van der Waals surface area (Å²) in [5, 5.41) is 4.95. The number of nitrogens with one attached hydrogen (secondary N) is 1. The van der Waals surface area contributed by atoms with E-state index >= 15 is 0 Å². The number of oxazole rings is 1. The van der Waals surface area contributed by atoms with Crippen LogP contribution in [0.15, 0.2) is 95.4 Å². The predicted molar refractivity (Wildman–Crippen MR) is 132 cm³/mol. The fraction of sp³-hybridized carbons (Fsp3) is 0.107. The van der Waals surface area contributed by atoms with Crippen LogP contribution in [-0.2, 0) is 9.53 Å². The summed E-state index contributed by atoms with van der Waals surface area (Å²) in [7, 11) is 0. The van der Waals surface area contributed by atoms with Gasteiger partial charge in [-0.25, -0.2) is 9.78 Å². The van der Waals surface area contributed by atoms with Gasteiger partial charge in [0.05, 0.1) is 11.1 Å². The Morgan fingerprint density at radius 2 is 1.65 bits per heavy atom. The minimum Gasteiger partial charge on any atom is -0.449 e. The molecule has 34 heavy (non-hydrogen) atoms. The summed E-state index contributed by atoms with van der Waals surface area (Å²) in [6.07, 6.45) is -0.619. The van der Waals surface area contributed by atoms with Crippen molar-refractivity contribution in [3.05, 3.63) is 96.6 Å². The Labute approximate surface area is 196 Å². The molecule has 0 aliphatic heterocycles. The number of hydrogen-bond donors (Lipinski definition) is 1. The lowest BCUT2D eigenvalue weighted by molar-refractivity contribution is -0.124.